The van der Waals surface area contributed by atoms with Crippen LogP contribution in [0.15, 0.2) is 18.2 Å². The Bertz CT molecular complexity index is 358. The van der Waals surface area contributed by atoms with Crippen molar-refractivity contribution in [1.82, 2.24) is 0 Å². The smallest absolute Gasteiger partial charge is 0.0402 e. The largest absolute Gasteiger partial charge is 0.374 e. The molecule has 0 aromatic heterocycles. The summed E-state index contributed by atoms with van der Waals surface area (Å²) >= 11 is 0. The molecule has 0 amide bonds. The molecule has 15 heavy (non-hydrogen) atoms. The minimum Gasteiger partial charge on any atom is -0.374 e. The van der Waals surface area contributed by atoms with Gasteiger partial charge in [0.25, 0.3) is 0 Å². The van der Waals surface area contributed by atoms with Crippen molar-refractivity contribution in [2.45, 2.75) is 32.2 Å². The van der Waals surface area contributed by atoms with Gasteiger partial charge in [-0.25, -0.2) is 0 Å². The maximum Gasteiger partial charge on any atom is 0.0402 e. The number of anilines is 1. The van der Waals surface area contributed by atoms with Gasteiger partial charge in [0.05, 0.1) is 0 Å². The first kappa shape index (κ1) is 10.5. The van der Waals surface area contributed by atoms with Gasteiger partial charge in [0, 0.05) is 31.2 Å². The summed E-state index contributed by atoms with van der Waals surface area (Å²) in [5, 5.41) is 0. The third-order valence-electron chi connectivity index (χ3n) is 3.14. The van der Waals surface area contributed by atoms with Crippen molar-refractivity contribution >= 4 is 5.69 Å². The summed E-state index contributed by atoms with van der Waals surface area (Å²) in [6.45, 7) is 5.48. The predicted octanol–water partition coefficient (Wildman–Crippen LogP) is 2.13. The van der Waals surface area contributed by atoms with Gasteiger partial charge in [-0.15, -0.1) is 0 Å². The summed E-state index contributed by atoms with van der Waals surface area (Å²) < 4.78 is 0. The fraction of sp³-hybridized carbons (Fsp3) is 0.538. The summed E-state index contributed by atoms with van der Waals surface area (Å²) in [5.41, 5.74) is 10.0. The van der Waals surface area contributed by atoms with E-state index >= 15 is 0 Å². The SMILES string of the molecule is CC(N)Cc1ccc2c(c1)N(C)CC2C. The van der Waals surface area contributed by atoms with Crippen LogP contribution in [0.5, 0.6) is 0 Å². The standard InChI is InChI=1S/C13H20N2/c1-9-8-15(3)13-7-11(6-10(2)14)4-5-12(9)13/h4-5,7,9-10H,6,8,14H2,1-3H3. The minimum absolute atomic E-state index is 0.243. The van der Waals surface area contributed by atoms with Crippen molar-refractivity contribution in [2.75, 3.05) is 18.5 Å². The molecule has 2 rings (SSSR count). The summed E-state index contributed by atoms with van der Waals surface area (Å²) in [5.74, 6) is 0.661. The third kappa shape index (κ3) is 2.00. The second kappa shape index (κ2) is 3.86. The summed E-state index contributed by atoms with van der Waals surface area (Å²) in [4.78, 5) is 2.34. The lowest BCUT2D eigenvalue weighted by atomic mass is 9.99. The van der Waals surface area contributed by atoms with Gasteiger partial charge >= 0.3 is 0 Å². The maximum absolute atomic E-state index is 5.82. The maximum atomic E-state index is 5.82. The van der Waals surface area contributed by atoms with Crippen molar-refractivity contribution in [3.05, 3.63) is 29.3 Å². The van der Waals surface area contributed by atoms with Crippen LogP contribution in [0.1, 0.15) is 30.9 Å². The van der Waals surface area contributed by atoms with Crippen LogP contribution in [0.2, 0.25) is 0 Å². The molecule has 0 radical (unpaired) electrons. The number of nitrogens with two attached hydrogens (primary N) is 1. The van der Waals surface area contributed by atoms with E-state index in [1.807, 2.05) is 0 Å². The van der Waals surface area contributed by atoms with Crippen molar-refractivity contribution < 1.29 is 0 Å². The Morgan fingerprint density at radius 3 is 2.93 bits per heavy atom. The van der Waals surface area contributed by atoms with Gasteiger partial charge in [0.15, 0.2) is 0 Å². The highest BCUT2D eigenvalue weighted by Crippen LogP contribution is 2.35. The molecule has 0 bridgehead atoms. The van der Waals surface area contributed by atoms with Crippen LogP contribution in [0.25, 0.3) is 0 Å². The lowest BCUT2D eigenvalue weighted by Gasteiger charge is -2.13. The lowest BCUT2D eigenvalue weighted by molar-refractivity contribution is 0.738. The van der Waals surface area contributed by atoms with Gasteiger partial charge in [-0.3, -0.25) is 0 Å². The Kier molecular flexibility index (Phi) is 2.70. The normalized spacial score (nSPS) is 21.6. The first-order chi connectivity index (χ1) is 7.08. The Morgan fingerprint density at radius 1 is 1.53 bits per heavy atom. The van der Waals surface area contributed by atoms with E-state index in [0.29, 0.717) is 5.92 Å². The molecular weight excluding hydrogens is 184 g/mol. The van der Waals surface area contributed by atoms with Crippen LogP contribution in [-0.2, 0) is 6.42 Å². The van der Waals surface area contributed by atoms with E-state index in [1.165, 1.54) is 16.8 Å². The number of hydrogen-bond acceptors (Lipinski definition) is 2. The van der Waals surface area contributed by atoms with Crippen LogP contribution in [0, 0.1) is 0 Å². The number of fused-ring (bicyclic) bond motifs is 1. The molecule has 2 unspecified atom stereocenters. The van der Waals surface area contributed by atoms with Crippen LogP contribution in [0.4, 0.5) is 5.69 Å². The number of likely N-dealkylation sites (N-methyl/N-ethyl adjacent to an activating group) is 1. The van der Waals surface area contributed by atoms with E-state index in [2.05, 4.69) is 44.0 Å². The van der Waals surface area contributed by atoms with Crippen LogP contribution in [-0.4, -0.2) is 19.6 Å². The van der Waals surface area contributed by atoms with Gasteiger partial charge in [0.2, 0.25) is 0 Å². The van der Waals surface area contributed by atoms with Gasteiger partial charge in [-0.05, 0) is 30.5 Å². The zero-order chi connectivity index (χ0) is 11.0. The average molecular weight is 204 g/mol. The van der Waals surface area contributed by atoms with Crippen LogP contribution >= 0.6 is 0 Å². The minimum atomic E-state index is 0.243. The van der Waals surface area contributed by atoms with Gasteiger partial charge < -0.3 is 10.6 Å². The summed E-state index contributed by atoms with van der Waals surface area (Å²) in [6, 6.07) is 7.02. The Morgan fingerprint density at radius 2 is 2.27 bits per heavy atom. The van der Waals surface area contributed by atoms with E-state index in [9.17, 15) is 0 Å². The molecule has 82 valence electrons. The van der Waals surface area contributed by atoms with Gasteiger partial charge in [-0.2, -0.15) is 0 Å². The van der Waals surface area contributed by atoms with Gasteiger partial charge in [-0.1, -0.05) is 19.1 Å². The van der Waals surface area contributed by atoms with Crippen molar-refractivity contribution in [3.8, 4) is 0 Å². The van der Waals surface area contributed by atoms with Crippen molar-refractivity contribution in [1.29, 1.82) is 0 Å². The molecular formula is C13H20N2. The molecule has 1 aliphatic rings. The fourth-order valence-electron chi connectivity index (χ4n) is 2.44. The van der Waals surface area contributed by atoms with Crippen LogP contribution in [0.3, 0.4) is 0 Å². The Hall–Kier alpha value is -1.02. The predicted molar refractivity (Wildman–Crippen MR) is 65.5 cm³/mol. The van der Waals surface area contributed by atoms with Crippen molar-refractivity contribution in [3.63, 3.8) is 0 Å². The monoisotopic (exact) mass is 204 g/mol. The second-order valence-electron chi connectivity index (χ2n) is 4.86. The number of benzene rings is 1. The molecule has 2 atom stereocenters. The third-order valence-corrected chi connectivity index (χ3v) is 3.14. The molecule has 0 saturated carbocycles. The first-order valence-corrected chi connectivity index (χ1v) is 5.67. The molecule has 1 aliphatic heterocycles. The second-order valence-corrected chi connectivity index (χ2v) is 4.86. The van der Waals surface area contributed by atoms with E-state index in [1.54, 1.807) is 0 Å². The first-order valence-electron chi connectivity index (χ1n) is 5.67. The molecule has 1 heterocycles. The highest BCUT2D eigenvalue weighted by Gasteiger charge is 2.22. The quantitative estimate of drug-likeness (QED) is 0.799. The van der Waals surface area contributed by atoms with E-state index in [0.717, 1.165) is 13.0 Å². The molecule has 0 spiro atoms. The highest BCUT2D eigenvalue weighted by molar-refractivity contribution is 5.60. The van der Waals surface area contributed by atoms with Crippen LogP contribution < -0.4 is 10.6 Å². The van der Waals surface area contributed by atoms with Gasteiger partial charge in [0.1, 0.15) is 0 Å². The Balaban J connectivity index is 2.30. The van der Waals surface area contributed by atoms with E-state index < -0.39 is 0 Å². The zero-order valence-corrected chi connectivity index (χ0v) is 9.83. The topological polar surface area (TPSA) is 29.3 Å². The number of nitrogens with zero attached hydrogens (tertiary/aromatic N) is 1. The van der Waals surface area contributed by atoms with Crippen molar-refractivity contribution in [2.24, 2.45) is 5.73 Å². The fourth-order valence-corrected chi connectivity index (χ4v) is 2.44. The molecule has 2 nitrogen and oxygen atoms in total. The molecule has 0 fully saturated rings. The number of rotatable bonds is 2. The summed E-state index contributed by atoms with van der Waals surface area (Å²) in [6.07, 6.45) is 0.968. The molecule has 2 N–H and O–H groups in total. The van der Waals surface area contributed by atoms with E-state index in [-0.39, 0.29) is 6.04 Å². The number of hydrogen-bond donors (Lipinski definition) is 1. The molecule has 0 aliphatic carbocycles. The average Bonchev–Trinajstić information content (AvgIpc) is 2.41. The zero-order valence-electron chi connectivity index (χ0n) is 9.83. The lowest BCUT2D eigenvalue weighted by Crippen LogP contribution is -2.18. The Labute approximate surface area is 92.1 Å². The van der Waals surface area contributed by atoms with E-state index in [4.69, 9.17) is 5.73 Å². The molecule has 1 aromatic carbocycles. The molecule has 0 saturated heterocycles. The molecule has 1 aromatic rings. The summed E-state index contributed by atoms with van der Waals surface area (Å²) in [7, 11) is 2.16. The highest BCUT2D eigenvalue weighted by atomic mass is 15.1. The molecule has 2 heteroatoms.